The molecule has 1 saturated heterocycles. The maximum Gasteiger partial charge on any atom is 0.261 e. The summed E-state index contributed by atoms with van der Waals surface area (Å²) >= 11 is 0. The van der Waals surface area contributed by atoms with Crippen LogP contribution in [0.1, 0.15) is 23.7 Å². The van der Waals surface area contributed by atoms with Gasteiger partial charge in [-0.25, -0.2) is 12.8 Å². The normalized spacial score (nSPS) is 22.8. The summed E-state index contributed by atoms with van der Waals surface area (Å²) in [6.07, 6.45) is 0.462. The Hall–Kier alpha value is -1.18. The summed E-state index contributed by atoms with van der Waals surface area (Å²) in [5, 5.41) is 2.62. The second kappa shape index (κ2) is 5.67. The molecule has 5 nitrogen and oxygen atoms in total. The Morgan fingerprint density at radius 1 is 1.50 bits per heavy atom. The van der Waals surface area contributed by atoms with Crippen molar-refractivity contribution in [3.05, 3.63) is 29.6 Å². The van der Waals surface area contributed by atoms with Gasteiger partial charge in [0.25, 0.3) is 15.0 Å². The number of halogens is 2. The highest BCUT2D eigenvalue weighted by Crippen LogP contribution is 2.20. The predicted octanol–water partition coefficient (Wildman–Crippen LogP) is 1.66. The molecule has 2 atom stereocenters. The molecule has 0 aromatic heterocycles. The van der Waals surface area contributed by atoms with Gasteiger partial charge in [0.15, 0.2) is 0 Å². The van der Waals surface area contributed by atoms with Gasteiger partial charge in [0.05, 0.1) is 22.6 Å². The molecule has 8 heteroatoms. The minimum Gasteiger partial charge on any atom is -0.376 e. The van der Waals surface area contributed by atoms with Crippen molar-refractivity contribution < 1.29 is 22.3 Å². The number of carbonyl (C=O) groups is 1. The zero-order chi connectivity index (χ0) is 14.9. The van der Waals surface area contributed by atoms with E-state index in [1.807, 2.05) is 0 Å². The summed E-state index contributed by atoms with van der Waals surface area (Å²) < 4.78 is 41.3. The van der Waals surface area contributed by atoms with Crippen molar-refractivity contribution in [2.45, 2.75) is 30.4 Å². The van der Waals surface area contributed by atoms with Gasteiger partial charge in [0.2, 0.25) is 0 Å². The minimum absolute atomic E-state index is 0.165. The number of rotatable bonds is 3. The molecule has 2 rings (SSSR count). The van der Waals surface area contributed by atoms with Crippen LogP contribution in [0.2, 0.25) is 0 Å². The fourth-order valence-corrected chi connectivity index (χ4v) is 2.77. The highest BCUT2D eigenvalue weighted by Gasteiger charge is 2.27. The molecule has 1 amide bonds. The fourth-order valence-electron chi connectivity index (χ4n) is 2.00. The molecule has 0 aliphatic carbocycles. The van der Waals surface area contributed by atoms with E-state index in [4.69, 9.17) is 15.4 Å². The Morgan fingerprint density at radius 3 is 2.75 bits per heavy atom. The van der Waals surface area contributed by atoms with Crippen LogP contribution in [-0.2, 0) is 13.8 Å². The molecule has 0 bridgehead atoms. The van der Waals surface area contributed by atoms with Crippen LogP contribution in [0, 0.1) is 5.82 Å². The third kappa shape index (κ3) is 3.28. The summed E-state index contributed by atoms with van der Waals surface area (Å²) in [4.78, 5) is 11.7. The van der Waals surface area contributed by atoms with E-state index in [0.717, 1.165) is 18.2 Å². The van der Waals surface area contributed by atoms with Gasteiger partial charge in [0.1, 0.15) is 5.82 Å². The SMILES string of the molecule is CC1OCCC1NC(=O)c1cc(S(=O)(=O)Cl)ccc1F. The zero-order valence-corrected chi connectivity index (χ0v) is 12.2. The number of hydrogen-bond donors (Lipinski definition) is 1. The van der Waals surface area contributed by atoms with Crippen LogP contribution < -0.4 is 5.32 Å². The molecule has 1 aliphatic heterocycles. The Bertz CT molecular complexity index is 634. The number of benzene rings is 1. The second-order valence-electron chi connectivity index (χ2n) is 4.52. The van der Waals surface area contributed by atoms with Crippen LogP contribution in [0.3, 0.4) is 0 Å². The first-order chi connectivity index (χ1) is 9.29. The third-order valence-corrected chi connectivity index (χ3v) is 4.51. The Balaban J connectivity index is 2.25. The number of carbonyl (C=O) groups excluding carboxylic acids is 1. The first-order valence-corrected chi connectivity index (χ1v) is 8.26. The van der Waals surface area contributed by atoms with E-state index in [2.05, 4.69) is 5.32 Å². The van der Waals surface area contributed by atoms with Gasteiger partial charge >= 0.3 is 0 Å². The van der Waals surface area contributed by atoms with E-state index in [9.17, 15) is 17.6 Å². The van der Waals surface area contributed by atoms with Gasteiger partial charge in [-0.15, -0.1) is 0 Å². The van der Waals surface area contributed by atoms with E-state index >= 15 is 0 Å². The molecule has 0 saturated carbocycles. The van der Waals surface area contributed by atoms with E-state index in [1.54, 1.807) is 6.92 Å². The molecule has 1 aromatic rings. The number of hydrogen-bond acceptors (Lipinski definition) is 4. The van der Waals surface area contributed by atoms with Crippen LogP contribution in [0.4, 0.5) is 4.39 Å². The lowest BCUT2D eigenvalue weighted by Crippen LogP contribution is -2.39. The van der Waals surface area contributed by atoms with Crippen molar-refractivity contribution in [3.8, 4) is 0 Å². The molecule has 1 heterocycles. The van der Waals surface area contributed by atoms with E-state index in [0.29, 0.717) is 13.0 Å². The minimum atomic E-state index is -4.01. The standard InChI is InChI=1S/C12H13ClFNO4S/c1-7-11(4-5-19-7)15-12(16)9-6-8(20(13,17)18)2-3-10(9)14/h2-3,6-7,11H,4-5H2,1H3,(H,15,16). The zero-order valence-electron chi connectivity index (χ0n) is 10.6. The highest BCUT2D eigenvalue weighted by atomic mass is 35.7. The lowest BCUT2D eigenvalue weighted by Gasteiger charge is -2.16. The van der Waals surface area contributed by atoms with Crippen molar-refractivity contribution in [2.24, 2.45) is 0 Å². The van der Waals surface area contributed by atoms with Gasteiger partial charge < -0.3 is 10.1 Å². The van der Waals surface area contributed by atoms with Crippen molar-refractivity contribution >= 4 is 25.6 Å². The van der Waals surface area contributed by atoms with Gasteiger partial charge in [-0.1, -0.05) is 0 Å². The van der Waals surface area contributed by atoms with E-state index in [-0.39, 0.29) is 22.6 Å². The highest BCUT2D eigenvalue weighted by molar-refractivity contribution is 8.13. The first kappa shape index (κ1) is 15.2. The Labute approximate surface area is 120 Å². The van der Waals surface area contributed by atoms with Gasteiger partial charge in [0, 0.05) is 17.3 Å². The van der Waals surface area contributed by atoms with Crippen LogP contribution in [0.15, 0.2) is 23.1 Å². The summed E-state index contributed by atoms with van der Waals surface area (Å²) in [7, 11) is 1.17. The predicted molar refractivity (Wildman–Crippen MR) is 70.7 cm³/mol. The number of ether oxygens (including phenoxy) is 1. The maximum absolute atomic E-state index is 13.6. The summed E-state index contributed by atoms with van der Waals surface area (Å²) in [6, 6.07) is 2.61. The van der Waals surface area contributed by atoms with Crippen molar-refractivity contribution in [3.63, 3.8) is 0 Å². The average molecular weight is 322 g/mol. The van der Waals surface area contributed by atoms with Crippen molar-refractivity contribution in [1.29, 1.82) is 0 Å². The fraction of sp³-hybridized carbons (Fsp3) is 0.417. The van der Waals surface area contributed by atoms with Crippen molar-refractivity contribution in [2.75, 3.05) is 6.61 Å². The second-order valence-corrected chi connectivity index (χ2v) is 7.09. The molecule has 2 unspecified atom stereocenters. The summed E-state index contributed by atoms with van der Waals surface area (Å²) in [5.74, 6) is -1.50. The molecule has 1 aliphatic rings. The van der Waals surface area contributed by atoms with Gasteiger partial charge in [-0.3, -0.25) is 4.79 Å². The van der Waals surface area contributed by atoms with Crippen LogP contribution in [-0.4, -0.2) is 33.1 Å². The largest absolute Gasteiger partial charge is 0.376 e. The summed E-state index contributed by atoms with van der Waals surface area (Å²) in [6.45, 7) is 2.32. The quantitative estimate of drug-likeness (QED) is 0.859. The number of amides is 1. The monoisotopic (exact) mass is 321 g/mol. The average Bonchev–Trinajstić information content (AvgIpc) is 2.74. The van der Waals surface area contributed by atoms with Crippen molar-refractivity contribution in [1.82, 2.24) is 5.32 Å². The molecule has 1 fully saturated rings. The lowest BCUT2D eigenvalue weighted by atomic mass is 10.1. The Kier molecular flexibility index (Phi) is 4.31. The Morgan fingerprint density at radius 2 is 2.20 bits per heavy atom. The number of nitrogens with one attached hydrogen (secondary N) is 1. The first-order valence-electron chi connectivity index (χ1n) is 5.95. The van der Waals surface area contributed by atoms with Crippen LogP contribution >= 0.6 is 10.7 Å². The van der Waals surface area contributed by atoms with Gasteiger partial charge in [-0.05, 0) is 31.5 Å². The summed E-state index contributed by atoms with van der Waals surface area (Å²) in [5.41, 5.74) is -0.356. The molecule has 20 heavy (non-hydrogen) atoms. The van der Waals surface area contributed by atoms with E-state index in [1.165, 1.54) is 0 Å². The molecule has 110 valence electrons. The molecular weight excluding hydrogens is 309 g/mol. The maximum atomic E-state index is 13.6. The van der Waals surface area contributed by atoms with Crippen LogP contribution in [0.25, 0.3) is 0 Å². The van der Waals surface area contributed by atoms with Crippen LogP contribution in [0.5, 0.6) is 0 Å². The lowest BCUT2D eigenvalue weighted by molar-refractivity contribution is 0.0862. The molecule has 1 N–H and O–H groups in total. The third-order valence-electron chi connectivity index (χ3n) is 3.16. The topological polar surface area (TPSA) is 72.5 Å². The van der Waals surface area contributed by atoms with E-state index < -0.39 is 20.8 Å². The molecule has 0 spiro atoms. The molecule has 0 radical (unpaired) electrons. The smallest absolute Gasteiger partial charge is 0.261 e. The van der Waals surface area contributed by atoms with Gasteiger partial charge in [-0.2, -0.15) is 0 Å². The molecular formula is C12H13ClFNO4S. The molecule has 1 aromatic carbocycles.